The highest BCUT2D eigenvalue weighted by molar-refractivity contribution is 5.25. The zero-order valence-electron chi connectivity index (χ0n) is 11.9. The molecule has 0 bridgehead atoms. The van der Waals surface area contributed by atoms with Crippen molar-refractivity contribution in [2.24, 2.45) is 5.92 Å². The van der Waals surface area contributed by atoms with Crippen LogP contribution in [0, 0.1) is 12.8 Å². The molecule has 0 aliphatic heterocycles. The van der Waals surface area contributed by atoms with E-state index in [1.807, 2.05) is 0 Å². The Hall–Kier alpha value is -0.860. The molecule has 0 aromatic heterocycles. The summed E-state index contributed by atoms with van der Waals surface area (Å²) in [6.45, 7) is 7.91. The largest absolute Gasteiger partial charge is 0.314 e. The average Bonchev–Trinajstić information content (AvgIpc) is 3.13. The van der Waals surface area contributed by atoms with Gasteiger partial charge in [0.15, 0.2) is 0 Å². The standard InChI is InChI=1S/C16H26N2/c1-13(10-17-16-8-9-16)11-18(3)12-15-7-5-4-6-14(15)2/h4-7,13,16-17H,8-12H2,1-3H3. The fourth-order valence-electron chi connectivity index (χ4n) is 2.39. The van der Waals surface area contributed by atoms with Gasteiger partial charge in [0.1, 0.15) is 0 Å². The highest BCUT2D eigenvalue weighted by Crippen LogP contribution is 2.19. The van der Waals surface area contributed by atoms with Gasteiger partial charge in [0.2, 0.25) is 0 Å². The summed E-state index contributed by atoms with van der Waals surface area (Å²) in [6.07, 6.45) is 2.76. The molecule has 1 fully saturated rings. The van der Waals surface area contributed by atoms with Crippen molar-refractivity contribution in [1.82, 2.24) is 10.2 Å². The van der Waals surface area contributed by atoms with Crippen LogP contribution < -0.4 is 5.32 Å². The van der Waals surface area contributed by atoms with Gasteiger partial charge in [-0.1, -0.05) is 31.2 Å². The second kappa shape index (κ2) is 6.35. The number of benzene rings is 1. The third-order valence-corrected chi connectivity index (χ3v) is 3.66. The van der Waals surface area contributed by atoms with Crippen molar-refractivity contribution in [3.05, 3.63) is 35.4 Å². The van der Waals surface area contributed by atoms with E-state index in [-0.39, 0.29) is 0 Å². The molecule has 2 nitrogen and oxygen atoms in total. The quantitative estimate of drug-likeness (QED) is 0.796. The topological polar surface area (TPSA) is 15.3 Å². The molecule has 0 heterocycles. The smallest absolute Gasteiger partial charge is 0.0233 e. The van der Waals surface area contributed by atoms with Crippen LogP contribution in [-0.4, -0.2) is 31.1 Å². The van der Waals surface area contributed by atoms with Gasteiger partial charge in [0.05, 0.1) is 0 Å². The molecule has 1 N–H and O–H groups in total. The third kappa shape index (κ3) is 4.43. The van der Waals surface area contributed by atoms with Crippen LogP contribution in [0.2, 0.25) is 0 Å². The van der Waals surface area contributed by atoms with Crippen molar-refractivity contribution in [3.8, 4) is 0 Å². The lowest BCUT2D eigenvalue weighted by Crippen LogP contribution is -2.31. The number of nitrogens with zero attached hydrogens (tertiary/aromatic N) is 1. The van der Waals surface area contributed by atoms with Gasteiger partial charge >= 0.3 is 0 Å². The Morgan fingerprint density at radius 1 is 1.33 bits per heavy atom. The van der Waals surface area contributed by atoms with Crippen LogP contribution in [0.5, 0.6) is 0 Å². The molecule has 1 saturated carbocycles. The lowest BCUT2D eigenvalue weighted by Gasteiger charge is -2.22. The molecular weight excluding hydrogens is 220 g/mol. The summed E-state index contributed by atoms with van der Waals surface area (Å²) in [5, 5.41) is 3.61. The summed E-state index contributed by atoms with van der Waals surface area (Å²) in [7, 11) is 2.22. The predicted molar refractivity (Wildman–Crippen MR) is 77.7 cm³/mol. The van der Waals surface area contributed by atoms with Gasteiger partial charge in [0, 0.05) is 19.1 Å². The Balaban J connectivity index is 1.73. The summed E-state index contributed by atoms with van der Waals surface area (Å²) in [5.74, 6) is 0.722. The number of hydrogen-bond donors (Lipinski definition) is 1. The molecular formula is C16H26N2. The molecule has 1 unspecified atom stereocenters. The Kier molecular flexibility index (Phi) is 4.79. The van der Waals surface area contributed by atoms with Crippen LogP contribution in [0.3, 0.4) is 0 Å². The maximum absolute atomic E-state index is 3.61. The van der Waals surface area contributed by atoms with E-state index in [9.17, 15) is 0 Å². The summed E-state index contributed by atoms with van der Waals surface area (Å²) in [4.78, 5) is 2.43. The second-order valence-corrected chi connectivity index (χ2v) is 5.91. The second-order valence-electron chi connectivity index (χ2n) is 5.91. The maximum Gasteiger partial charge on any atom is 0.0233 e. The van der Waals surface area contributed by atoms with Crippen LogP contribution in [0.4, 0.5) is 0 Å². The minimum atomic E-state index is 0.722. The van der Waals surface area contributed by atoms with Gasteiger partial charge in [0.25, 0.3) is 0 Å². The number of aryl methyl sites for hydroxylation is 1. The van der Waals surface area contributed by atoms with Crippen molar-refractivity contribution in [1.29, 1.82) is 0 Å². The first-order valence-electron chi connectivity index (χ1n) is 7.11. The van der Waals surface area contributed by atoms with Gasteiger partial charge in [-0.15, -0.1) is 0 Å². The molecule has 0 saturated heterocycles. The van der Waals surface area contributed by atoms with E-state index in [1.165, 1.54) is 24.0 Å². The Morgan fingerprint density at radius 3 is 2.72 bits per heavy atom. The molecule has 0 amide bonds. The van der Waals surface area contributed by atoms with Gasteiger partial charge in [-0.05, 0) is 50.4 Å². The van der Waals surface area contributed by atoms with E-state index in [4.69, 9.17) is 0 Å². The molecule has 2 rings (SSSR count). The van der Waals surface area contributed by atoms with E-state index in [2.05, 4.69) is 55.4 Å². The minimum absolute atomic E-state index is 0.722. The molecule has 1 aromatic carbocycles. The van der Waals surface area contributed by atoms with E-state index < -0.39 is 0 Å². The van der Waals surface area contributed by atoms with Gasteiger partial charge < -0.3 is 10.2 Å². The van der Waals surface area contributed by atoms with Crippen molar-refractivity contribution >= 4 is 0 Å². The summed E-state index contributed by atoms with van der Waals surface area (Å²) in [5.41, 5.74) is 2.84. The van der Waals surface area contributed by atoms with Crippen molar-refractivity contribution < 1.29 is 0 Å². The summed E-state index contributed by atoms with van der Waals surface area (Å²) < 4.78 is 0. The van der Waals surface area contributed by atoms with E-state index >= 15 is 0 Å². The molecule has 0 spiro atoms. The van der Waals surface area contributed by atoms with E-state index in [1.54, 1.807) is 0 Å². The lowest BCUT2D eigenvalue weighted by molar-refractivity contribution is 0.273. The minimum Gasteiger partial charge on any atom is -0.314 e. The first-order valence-corrected chi connectivity index (χ1v) is 7.11. The van der Waals surface area contributed by atoms with Crippen molar-refractivity contribution in [2.75, 3.05) is 20.1 Å². The normalized spacial score (nSPS) is 17.1. The number of rotatable bonds is 7. The SMILES string of the molecule is Cc1ccccc1CN(C)CC(C)CNC1CC1. The predicted octanol–water partition coefficient (Wildman–Crippen LogP) is 2.81. The van der Waals surface area contributed by atoms with E-state index in [0.29, 0.717) is 0 Å². The lowest BCUT2D eigenvalue weighted by atomic mass is 10.1. The molecule has 1 aliphatic carbocycles. The molecule has 100 valence electrons. The molecule has 1 atom stereocenters. The molecule has 0 radical (unpaired) electrons. The van der Waals surface area contributed by atoms with E-state index in [0.717, 1.165) is 31.6 Å². The highest BCUT2D eigenvalue weighted by atomic mass is 15.1. The number of nitrogens with one attached hydrogen (secondary N) is 1. The Morgan fingerprint density at radius 2 is 2.06 bits per heavy atom. The number of hydrogen-bond acceptors (Lipinski definition) is 2. The van der Waals surface area contributed by atoms with Crippen LogP contribution in [0.1, 0.15) is 30.9 Å². The van der Waals surface area contributed by atoms with Gasteiger partial charge in [-0.25, -0.2) is 0 Å². The van der Waals surface area contributed by atoms with Crippen molar-refractivity contribution in [3.63, 3.8) is 0 Å². The monoisotopic (exact) mass is 246 g/mol. The first kappa shape index (κ1) is 13.6. The van der Waals surface area contributed by atoms with Crippen molar-refractivity contribution in [2.45, 2.75) is 39.3 Å². The average molecular weight is 246 g/mol. The maximum atomic E-state index is 3.61. The van der Waals surface area contributed by atoms with Crippen LogP contribution in [0.15, 0.2) is 24.3 Å². The molecule has 18 heavy (non-hydrogen) atoms. The molecule has 1 aliphatic rings. The Labute approximate surface area is 111 Å². The fourth-order valence-corrected chi connectivity index (χ4v) is 2.39. The highest BCUT2D eigenvalue weighted by Gasteiger charge is 2.21. The van der Waals surface area contributed by atoms with Crippen LogP contribution in [-0.2, 0) is 6.54 Å². The molecule has 2 heteroatoms. The zero-order chi connectivity index (χ0) is 13.0. The Bertz CT molecular complexity index is 371. The fraction of sp³-hybridized carbons (Fsp3) is 0.625. The third-order valence-electron chi connectivity index (χ3n) is 3.66. The van der Waals surface area contributed by atoms with Crippen LogP contribution >= 0.6 is 0 Å². The zero-order valence-corrected chi connectivity index (χ0v) is 11.9. The molecule has 1 aromatic rings. The van der Waals surface area contributed by atoms with Crippen LogP contribution in [0.25, 0.3) is 0 Å². The summed E-state index contributed by atoms with van der Waals surface area (Å²) in [6, 6.07) is 9.50. The summed E-state index contributed by atoms with van der Waals surface area (Å²) >= 11 is 0. The van der Waals surface area contributed by atoms with Gasteiger partial charge in [-0.2, -0.15) is 0 Å². The first-order chi connectivity index (χ1) is 8.65. The van der Waals surface area contributed by atoms with Gasteiger partial charge in [-0.3, -0.25) is 0 Å².